The van der Waals surface area contributed by atoms with E-state index in [-0.39, 0.29) is 30.6 Å². The number of rotatable bonds is 3. The fourth-order valence-corrected chi connectivity index (χ4v) is 7.66. The molecule has 0 radical (unpaired) electrons. The van der Waals surface area contributed by atoms with Gasteiger partial charge < -0.3 is 34.6 Å². The normalized spacial score (nSPS) is 42.7. The molecule has 0 spiro atoms. The lowest BCUT2D eigenvalue weighted by Gasteiger charge is -2.67. The van der Waals surface area contributed by atoms with E-state index in [1.54, 1.807) is 39.0 Å². The maximum Gasteiger partial charge on any atom is 0.338 e. The van der Waals surface area contributed by atoms with Gasteiger partial charge in [-0.3, -0.25) is 9.59 Å². The molecule has 2 unspecified atom stereocenters. The highest BCUT2D eigenvalue weighted by Gasteiger charge is 2.77. The van der Waals surface area contributed by atoms with Crippen LogP contribution in [0.25, 0.3) is 0 Å². The van der Waals surface area contributed by atoms with Crippen molar-refractivity contribution in [2.24, 2.45) is 16.7 Å². The van der Waals surface area contributed by atoms with Gasteiger partial charge in [0.15, 0.2) is 11.4 Å². The second-order valence-electron chi connectivity index (χ2n) is 12.2. The molecule has 1 heterocycles. The monoisotopic (exact) mass is 544 g/mol. The van der Waals surface area contributed by atoms with Gasteiger partial charge in [0.05, 0.1) is 35.7 Å². The van der Waals surface area contributed by atoms with Gasteiger partial charge in [-0.05, 0) is 37.1 Å². The van der Waals surface area contributed by atoms with Crippen LogP contribution in [0, 0.1) is 16.7 Å². The lowest BCUT2D eigenvalue weighted by Crippen LogP contribution is -2.81. The summed E-state index contributed by atoms with van der Waals surface area (Å²) in [5.41, 5.74) is -6.24. The van der Waals surface area contributed by atoms with Crippen LogP contribution in [-0.4, -0.2) is 86.5 Å². The number of ether oxygens (including phenoxy) is 3. The Morgan fingerprint density at radius 3 is 2.28 bits per heavy atom. The van der Waals surface area contributed by atoms with E-state index in [1.165, 1.54) is 26.0 Å². The third kappa shape index (κ3) is 3.62. The molecule has 1 saturated heterocycles. The quantitative estimate of drug-likeness (QED) is 0.320. The van der Waals surface area contributed by atoms with Crippen molar-refractivity contribution in [3.05, 3.63) is 47.0 Å². The summed E-state index contributed by atoms with van der Waals surface area (Å²) in [5.74, 6) is -3.60. The Hall–Kier alpha value is -2.63. The van der Waals surface area contributed by atoms with Crippen molar-refractivity contribution in [3.8, 4) is 0 Å². The minimum atomic E-state index is -2.07. The average molecular weight is 545 g/mol. The summed E-state index contributed by atoms with van der Waals surface area (Å²) in [6, 6.07) is 8.08. The van der Waals surface area contributed by atoms with Crippen LogP contribution in [0.15, 0.2) is 41.5 Å². The number of esters is 2. The zero-order valence-corrected chi connectivity index (χ0v) is 22.7. The molecular weight excluding hydrogens is 508 g/mol. The summed E-state index contributed by atoms with van der Waals surface area (Å²) in [5, 5.41) is 46.7. The van der Waals surface area contributed by atoms with E-state index in [2.05, 4.69) is 0 Å². The summed E-state index contributed by atoms with van der Waals surface area (Å²) in [7, 11) is 0. The van der Waals surface area contributed by atoms with Crippen molar-refractivity contribution in [2.45, 2.75) is 89.2 Å². The second kappa shape index (κ2) is 8.94. The molecule has 1 aliphatic heterocycles. The van der Waals surface area contributed by atoms with Crippen LogP contribution in [0.2, 0.25) is 0 Å². The van der Waals surface area contributed by atoms with Gasteiger partial charge in [0, 0.05) is 25.2 Å². The predicted octanol–water partition coefficient (Wildman–Crippen LogP) is 1.08. The highest BCUT2D eigenvalue weighted by Crippen LogP contribution is 2.63. The molecule has 212 valence electrons. The topological polar surface area (TPSA) is 160 Å². The number of hydrogen-bond acceptors (Lipinski definition) is 10. The molecule has 4 N–H and O–H groups in total. The zero-order valence-electron chi connectivity index (χ0n) is 22.7. The Kier molecular flexibility index (Phi) is 6.40. The number of fused-ring (bicyclic) bond motifs is 5. The Balaban J connectivity index is 1.81. The highest BCUT2D eigenvalue weighted by molar-refractivity contribution is 5.94. The number of carbonyl (C=O) groups is 3. The highest BCUT2D eigenvalue weighted by atomic mass is 16.6. The third-order valence-corrected chi connectivity index (χ3v) is 9.95. The van der Waals surface area contributed by atoms with Gasteiger partial charge in [0.1, 0.15) is 23.9 Å². The predicted molar refractivity (Wildman–Crippen MR) is 135 cm³/mol. The zero-order chi connectivity index (χ0) is 28.7. The number of hydrogen-bond donors (Lipinski definition) is 4. The molecule has 2 saturated carbocycles. The second-order valence-corrected chi connectivity index (χ2v) is 12.2. The standard InChI is InChI=1S/C29H36O10/c1-14-17(31)12-29(36)24(38-25(35)16-9-7-6-8-10-16)22-27(5,23(34)21(33)20(14)26(29,3)4)18(32)11-19-28(22,13-37-19)39-15(2)30/h6-10,17-19,21-22,24,31-33,36H,11-13H2,1-5H3/t17-,18?,19?,21+,22-,24-,27+,28-,29+/m0/s1. The average Bonchev–Trinajstić information content (AvgIpc) is 2.87. The van der Waals surface area contributed by atoms with Crippen LogP contribution in [0.1, 0.15) is 57.8 Å². The van der Waals surface area contributed by atoms with Crippen molar-refractivity contribution < 1.29 is 49.0 Å². The van der Waals surface area contributed by atoms with Gasteiger partial charge in [-0.15, -0.1) is 0 Å². The molecular formula is C29H36O10. The molecule has 0 aromatic heterocycles. The van der Waals surface area contributed by atoms with Gasteiger partial charge in [0.25, 0.3) is 0 Å². The van der Waals surface area contributed by atoms with Gasteiger partial charge in [0.2, 0.25) is 0 Å². The molecule has 0 amide bonds. The maximum absolute atomic E-state index is 14.3. The maximum atomic E-state index is 14.3. The van der Waals surface area contributed by atoms with Crippen LogP contribution < -0.4 is 0 Å². The summed E-state index contributed by atoms with van der Waals surface area (Å²) >= 11 is 0. The van der Waals surface area contributed by atoms with Crippen molar-refractivity contribution >= 4 is 17.7 Å². The van der Waals surface area contributed by atoms with Crippen LogP contribution >= 0.6 is 0 Å². The summed E-state index contributed by atoms with van der Waals surface area (Å²) in [6.07, 6.45) is -7.26. The molecule has 9 atom stereocenters. The first-order valence-corrected chi connectivity index (χ1v) is 13.2. The Labute approximate surface area is 226 Å². The first-order chi connectivity index (χ1) is 18.1. The van der Waals surface area contributed by atoms with Gasteiger partial charge in [-0.2, -0.15) is 0 Å². The van der Waals surface area contributed by atoms with Gasteiger partial charge >= 0.3 is 11.9 Å². The number of benzene rings is 1. The molecule has 4 aliphatic rings. The fraction of sp³-hybridized carbons (Fsp3) is 0.621. The molecule has 1 aromatic rings. The molecule has 2 bridgehead atoms. The van der Waals surface area contributed by atoms with Gasteiger partial charge in [-0.25, -0.2) is 4.79 Å². The van der Waals surface area contributed by atoms with E-state index in [4.69, 9.17) is 14.2 Å². The van der Waals surface area contributed by atoms with E-state index in [0.717, 1.165) is 0 Å². The molecule has 10 heteroatoms. The number of carbonyl (C=O) groups excluding carboxylic acids is 3. The summed E-state index contributed by atoms with van der Waals surface area (Å²) < 4.78 is 17.7. The fourth-order valence-electron chi connectivity index (χ4n) is 7.66. The van der Waals surface area contributed by atoms with Crippen molar-refractivity contribution in [3.63, 3.8) is 0 Å². The molecule has 1 aromatic carbocycles. The number of aliphatic hydroxyl groups is 4. The molecule has 10 nitrogen and oxygen atoms in total. The first-order valence-electron chi connectivity index (χ1n) is 13.2. The summed E-state index contributed by atoms with van der Waals surface area (Å²) in [4.78, 5) is 40.3. The minimum absolute atomic E-state index is 0.0828. The lowest BCUT2D eigenvalue weighted by molar-refractivity contribution is -0.345. The van der Waals surface area contributed by atoms with E-state index in [9.17, 15) is 34.8 Å². The van der Waals surface area contributed by atoms with E-state index < -0.39 is 76.2 Å². The SMILES string of the molecule is CC(=O)O[C@@]12COC1CC(O)[C@@]1(C)C(=O)[C@H](O)C3=C(C)[C@@H](O)C[C@@](O)([C@@H](OC(=O)c4ccccc4)[C@H]21)C3(C)C. The smallest absolute Gasteiger partial charge is 0.338 e. The minimum Gasteiger partial charge on any atom is -0.455 e. The molecule has 5 rings (SSSR count). The number of aliphatic hydroxyl groups excluding tert-OH is 3. The van der Waals surface area contributed by atoms with Gasteiger partial charge in [-0.1, -0.05) is 32.0 Å². The first kappa shape index (κ1) is 27.9. The van der Waals surface area contributed by atoms with Crippen molar-refractivity contribution in [1.82, 2.24) is 0 Å². The van der Waals surface area contributed by atoms with Crippen molar-refractivity contribution in [1.29, 1.82) is 0 Å². The third-order valence-electron chi connectivity index (χ3n) is 9.95. The Bertz CT molecular complexity index is 1240. The molecule has 3 aliphatic carbocycles. The number of Topliss-reactive ketones (excluding diaryl/α,β-unsaturated/α-hetero) is 1. The molecule has 3 fully saturated rings. The summed E-state index contributed by atoms with van der Waals surface area (Å²) in [6.45, 7) is 7.29. The van der Waals surface area contributed by atoms with E-state index in [0.29, 0.717) is 5.57 Å². The van der Waals surface area contributed by atoms with Crippen molar-refractivity contribution in [2.75, 3.05) is 6.61 Å². The van der Waals surface area contributed by atoms with Crippen LogP contribution in [0.5, 0.6) is 0 Å². The molecule has 39 heavy (non-hydrogen) atoms. The number of ketones is 1. The Morgan fingerprint density at radius 1 is 1.08 bits per heavy atom. The van der Waals surface area contributed by atoms with Crippen LogP contribution in [0.4, 0.5) is 0 Å². The van der Waals surface area contributed by atoms with E-state index >= 15 is 0 Å². The van der Waals surface area contributed by atoms with Crippen LogP contribution in [0.3, 0.4) is 0 Å². The largest absolute Gasteiger partial charge is 0.455 e. The Morgan fingerprint density at radius 2 is 1.72 bits per heavy atom. The van der Waals surface area contributed by atoms with E-state index in [1.807, 2.05) is 0 Å². The van der Waals surface area contributed by atoms with Crippen LogP contribution in [-0.2, 0) is 23.8 Å². The lowest BCUT2D eigenvalue weighted by atomic mass is 9.44.